The summed E-state index contributed by atoms with van der Waals surface area (Å²) in [5, 5.41) is 5.85. The molecule has 0 aromatic heterocycles. The van der Waals surface area contributed by atoms with Crippen molar-refractivity contribution in [2.24, 2.45) is 0 Å². The van der Waals surface area contributed by atoms with E-state index in [1.165, 1.54) is 7.11 Å². The smallest absolute Gasteiger partial charge is 0.324 e. The molecule has 0 spiro atoms. The molecule has 1 rings (SSSR count). The first-order valence-corrected chi connectivity index (χ1v) is 4.90. The Labute approximate surface area is 88.3 Å². The van der Waals surface area contributed by atoms with E-state index >= 15 is 0 Å². The summed E-state index contributed by atoms with van der Waals surface area (Å²) in [6.45, 7) is 3.00. The zero-order chi connectivity index (χ0) is 11.3. The molecule has 0 amide bonds. The van der Waals surface area contributed by atoms with Crippen molar-refractivity contribution < 1.29 is 19.1 Å². The first kappa shape index (κ1) is 11.9. The monoisotopic (exact) mass is 216 g/mol. The third-order valence-electron chi connectivity index (χ3n) is 2.16. The fourth-order valence-electron chi connectivity index (χ4n) is 1.42. The molecule has 0 aromatic rings. The van der Waals surface area contributed by atoms with Gasteiger partial charge in [-0.2, -0.15) is 0 Å². The van der Waals surface area contributed by atoms with Crippen LogP contribution < -0.4 is 10.6 Å². The second-order valence-corrected chi connectivity index (χ2v) is 3.21. The number of methoxy groups -OCH3 is 1. The van der Waals surface area contributed by atoms with Crippen molar-refractivity contribution in [3.05, 3.63) is 0 Å². The number of ether oxygens (including phenoxy) is 2. The van der Waals surface area contributed by atoms with Crippen LogP contribution in [-0.4, -0.2) is 50.8 Å². The van der Waals surface area contributed by atoms with E-state index in [9.17, 15) is 9.59 Å². The Morgan fingerprint density at radius 1 is 1.27 bits per heavy atom. The lowest BCUT2D eigenvalue weighted by molar-refractivity contribution is -0.148. The highest BCUT2D eigenvalue weighted by Gasteiger charge is 2.31. The second kappa shape index (κ2) is 5.67. The third-order valence-corrected chi connectivity index (χ3v) is 2.16. The van der Waals surface area contributed by atoms with Gasteiger partial charge in [-0.3, -0.25) is 14.9 Å². The normalized spacial score (nSPS) is 25.7. The van der Waals surface area contributed by atoms with Crippen LogP contribution in [0.25, 0.3) is 0 Å². The molecule has 1 fully saturated rings. The minimum atomic E-state index is -0.488. The van der Waals surface area contributed by atoms with Gasteiger partial charge in [0.2, 0.25) is 0 Å². The minimum absolute atomic E-state index is 0.333. The lowest BCUT2D eigenvalue weighted by Gasteiger charge is -2.28. The highest BCUT2D eigenvalue weighted by atomic mass is 16.5. The molecule has 2 atom stereocenters. The molecular weight excluding hydrogens is 200 g/mol. The first-order valence-electron chi connectivity index (χ1n) is 4.90. The number of esters is 2. The minimum Gasteiger partial charge on any atom is -0.468 e. The molecule has 1 saturated heterocycles. The molecule has 0 bridgehead atoms. The molecule has 6 heteroatoms. The van der Waals surface area contributed by atoms with E-state index in [-0.39, 0.29) is 11.9 Å². The summed E-state index contributed by atoms with van der Waals surface area (Å²) in [7, 11) is 1.32. The standard InChI is InChI=1S/C9H16N2O4/c1-3-15-9(13)7-5-10-4-6(11-7)8(12)14-2/h6-7,10-11H,3-5H2,1-2H3. The van der Waals surface area contributed by atoms with Gasteiger partial charge in [0.15, 0.2) is 0 Å². The van der Waals surface area contributed by atoms with Gasteiger partial charge in [-0.05, 0) is 6.92 Å². The maximum Gasteiger partial charge on any atom is 0.324 e. The van der Waals surface area contributed by atoms with Crippen LogP contribution in [-0.2, 0) is 19.1 Å². The van der Waals surface area contributed by atoms with Crippen LogP contribution in [0.15, 0.2) is 0 Å². The van der Waals surface area contributed by atoms with E-state index < -0.39 is 12.1 Å². The SMILES string of the molecule is CCOC(=O)C1CNCC(C(=O)OC)N1. The molecule has 6 nitrogen and oxygen atoms in total. The quantitative estimate of drug-likeness (QED) is 0.568. The van der Waals surface area contributed by atoms with Crippen molar-refractivity contribution in [1.29, 1.82) is 0 Å². The van der Waals surface area contributed by atoms with E-state index in [0.29, 0.717) is 19.7 Å². The summed E-state index contributed by atoms with van der Waals surface area (Å²) in [6.07, 6.45) is 0. The first-order chi connectivity index (χ1) is 7.19. The summed E-state index contributed by atoms with van der Waals surface area (Å²) in [4.78, 5) is 22.6. The van der Waals surface area contributed by atoms with Gasteiger partial charge in [0.05, 0.1) is 13.7 Å². The summed E-state index contributed by atoms with van der Waals surface area (Å²) in [6, 6.07) is -0.971. The molecule has 1 heterocycles. The molecule has 0 aliphatic carbocycles. The zero-order valence-electron chi connectivity index (χ0n) is 8.91. The van der Waals surface area contributed by atoms with Gasteiger partial charge in [-0.15, -0.1) is 0 Å². The van der Waals surface area contributed by atoms with Gasteiger partial charge < -0.3 is 14.8 Å². The predicted molar refractivity (Wildman–Crippen MR) is 52.2 cm³/mol. The molecular formula is C9H16N2O4. The summed E-state index contributed by atoms with van der Waals surface area (Å²) in [5.41, 5.74) is 0. The number of hydrogen-bond donors (Lipinski definition) is 2. The van der Waals surface area contributed by atoms with E-state index in [2.05, 4.69) is 15.4 Å². The van der Waals surface area contributed by atoms with E-state index in [1.807, 2.05) is 0 Å². The van der Waals surface area contributed by atoms with Crippen LogP contribution >= 0.6 is 0 Å². The Morgan fingerprint density at radius 2 is 1.87 bits per heavy atom. The van der Waals surface area contributed by atoms with Gasteiger partial charge in [0.25, 0.3) is 0 Å². The Kier molecular flexibility index (Phi) is 4.51. The predicted octanol–water partition coefficient (Wildman–Crippen LogP) is -1.35. The summed E-state index contributed by atoms with van der Waals surface area (Å²) >= 11 is 0. The summed E-state index contributed by atoms with van der Waals surface area (Å²) < 4.78 is 9.43. The number of carbonyl (C=O) groups is 2. The van der Waals surface area contributed by atoms with Crippen molar-refractivity contribution in [3.63, 3.8) is 0 Å². The molecule has 1 aliphatic heterocycles. The molecule has 0 saturated carbocycles. The third kappa shape index (κ3) is 3.17. The van der Waals surface area contributed by atoms with Crippen LogP contribution in [0.5, 0.6) is 0 Å². The average molecular weight is 216 g/mol. The van der Waals surface area contributed by atoms with Gasteiger partial charge in [0, 0.05) is 13.1 Å². The van der Waals surface area contributed by atoms with Crippen molar-refractivity contribution >= 4 is 11.9 Å². The second-order valence-electron chi connectivity index (χ2n) is 3.21. The van der Waals surface area contributed by atoms with Crippen molar-refractivity contribution in [1.82, 2.24) is 10.6 Å². The van der Waals surface area contributed by atoms with Gasteiger partial charge in [-0.1, -0.05) is 0 Å². The molecule has 1 aliphatic rings. The van der Waals surface area contributed by atoms with Crippen molar-refractivity contribution in [2.75, 3.05) is 26.8 Å². The van der Waals surface area contributed by atoms with Crippen LogP contribution in [0.3, 0.4) is 0 Å². The zero-order valence-corrected chi connectivity index (χ0v) is 8.91. The van der Waals surface area contributed by atoms with Crippen LogP contribution in [0.4, 0.5) is 0 Å². The maximum atomic E-state index is 11.4. The topological polar surface area (TPSA) is 76.7 Å². The molecule has 2 N–H and O–H groups in total. The van der Waals surface area contributed by atoms with Gasteiger partial charge in [0.1, 0.15) is 12.1 Å². The highest BCUT2D eigenvalue weighted by molar-refractivity contribution is 5.80. The fourth-order valence-corrected chi connectivity index (χ4v) is 1.42. The molecule has 0 radical (unpaired) electrons. The molecule has 86 valence electrons. The van der Waals surface area contributed by atoms with Crippen molar-refractivity contribution in [2.45, 2.75) is 19.0 Å². The Bertz CT molecular complexity index is 244. The molecule has 15 heavy (non-hydrogen) atoms. The van der Waals surface area contributed by atoms with Crippen LogP contribution in [0, 0.1) is 0 Å². The van der Waals surface area contributed by atoms with Crippen LogP contribution in [0.2, 0.25) is 0 Å². The number of nitrogens with one attached hydrogen (secondary N) is 2. The Hall–Kier alpha value is -1.14. The highest BCUT2D eigenvalue weighted by Crippen LogP contribution is 1.98. The van der Waals surface area contributed by atoms with E-state index in [1.54, 1.807) is 6.92 Å². The summed E-state index contributed by atoms with van der Waals surface area (Å²) in [5.74, 6) is -0.727. The van der Waals surface area contributed by atoms with Gasteiger partial charge >= 0.3 is 11.9 Å². The van der Waals surface area contributed by atoms with Crippen LogP contribution in [0.1, 0.15) is 6.92 Å². The number of piperazine rings is 1. The van der Waals surface area contributed by atoms with E-state index in [0.717, 1.165) is 0 Å². The lowest BCUT2D eigenvalue weighted by atomic mass is 10.1. The largest absolute Gasteiger partial charge is 0.468 e. The number of rotatable bonds is 3. The van der Waals surface area contributed by atoms with Crippen molar-refractivity contribution in [3.8, 4) is 0 Å². The fraction of sp³-hybridized carbons (Fsp3) is 0.778. The Morgan fingerprint density at radius 3 is 2.40 bits per heavy atom. The lowest BCUT2D eigenvalue weighted by Crippen LogP contribution is -2.61. The van der Waals surface area contributed by atoms with Gasteiger partial charge in [-0.25, -0.2) is 0 Å². The van der Waals surface area contributed by atoms with E-state index in [4.69, 9.17) is 4.74 Å². The Balaban J connectivity index is 2.48. The number of carbonyl (C=O) groups excluding carboxylic acids is 2. The maximum absolute atomic E-state index is 11.4. The molecule has 0 aromatic carbocycles. The average Bonchev–Trinajstić information content (AvgIpc) is 2.28. The molecule has 2 unspecified atom stereocenters. The number of hydrogen-bond acceptors (Lipinski definition) is 6.